The molecule has 11 aromatic rings. The summed E-state index contributed by atoms with van der Waals surface area (Å²) in [6.45, 7) is 0. The zero-order valence-corrected chi connectivity index (χ0v) is 33.2. The van der Waals surface area contributed by atoms with Crippen LogP contribution in [0.15, 0.2) is 229 Å². The average molecular weight is 776 g/mol. The quantitative estimate of drug-likeness (QED) is 0.173. The number of anilines is 3. The van der Waals surface area contributed by atoms with Gasteiger partial charge in [0.25, 0.3) is 0 Å². The molecule has 0 aliphatic heterocycles. The van der Waals surface area contributed by atoms with Crippen LogP contribution in [0, 0.1) is 0 Å². The molecular weight excluding hydrogens is 739 g/mol. The van der Waals surface area contributed by atoms with E-state index in [9.17, 15) is 0 Å². The van der Waals surface area contributed by atoms with Crippen LogP contribution in [0.2, 0.25) is 0 Å². The molecule has 284 valence electrons. The van der Waals surface area contributed by atoms with Crippen LogP contribution in [0.3, 0.4) is 0 Å². The molecule has 2 heteroatoms. The van der Waals surface area contributed by atoms with Crippen molar-refractivity contribution in [3.8, 4) is 44.5 Å². The van der Waals surface area contributed by atoms with Crippen molar-refractivity contribution in [3.63, 3.8) is 0 Å². The van der Waals surface area contributed by atoms with Gasteiger partial charge in [0, 0.05) is 22.0 Å². The number of rotatable bonds is 5. The van der Waals surface area contributed by atoms with Crippen molar-refractivity contribution >= 4 is 49.8 Å². The molecule has 0 bridgehead atoms. The van der Waals surface area contributed by atoms with E-state index in [2.05, 4.69) is 229 Å². The lowest BCUT2D eigenvalue weighted by Crippen LogP contribution is -2.26. The Morgan fingerprint density at radius 2 is 0.902 bits per heavy atom. The maximum Gasteiger partial charge on any atom is 0.159 e. The van der Waals surface area contributed by atoms with Gasteiger partial charge in [-0.1, -0.05) is 188 Å². The van der Waals surface area contributed by atoms with Gasteiger partial charge in [-0.15, -0.1) is 0 Å². The molecular formula is C59H37NO. The standard InChI is InChI=1S/C59H37NO/c1-2-16-38(17-3-1)40-19-12-20-41(36-40)42-21-13-22-43(37-42)60(54-33-14-27-48-56-44-23-5-4-18-39(44)34-35-55(56)61-58(48)54)53-32-15-31-52-57(53)47-26-8-11-30-51(47)59(52)49-28-9-6-24-45(49)46-25-7-10-29-50(46)59/h1-37H. The molecule has 2 aliphatic rings. The van der Waals surface area contributed by atoms with E-state index in [4.69, 9.17) is 4.42 Å². The minimum atomic E-state index is -0.467. The van der Waals surface area contributed by atoms with Crippen molar-refractivity contribution in [1.82, 2.24) is 0 Å². The lowest BCUT2D eigenvalue weighted by atomic mass is 9.70. The summed E-state index contributed by atoms with van der Waals surface area (Å²) in [5, 5.41) is 4.63. The highest BCUT2D eigenvalue weighted by Crippen LogP contribution is 2.65. The average Bonchev–Trinajstić information content (AvgIpc) is 3.97. The maximum atomic E-state index is 7.03. The Morgan fingerprint density at radius 1 is 0.361 bits per heavy atom. The summed E-state index contributed by atoms with van der Waals surface area (Å²) in [6.07, 6.45) is 0. The molecule has 2 nitrogen and oxygen atoms in total. The topological polar surface area (TPSA) is 16.4 Å². The van der Waals surface area contributed by atoms with E-state index in [-0.39, 0.29) is 0 Å². The van der Waals surface area contributed by atoms with Crippen molar-refractivity contribution in [2.75, 3.05) is 4.90 Å². The van der Waals surface area contributed by atoms with E-state index in [0.717, 1.165) is 44.6 Å². The SMILES string of the molecule is c1ccc(-c2cccc(-c3cccc(N(c4cccc5c4-c4ccccc4C54c5ccccc5-c5ccccc54)c4cccc5c4oc4ccc6ccccc6c45)c3)c2)cc1. The van der Waals surface area contributed by atoms with Gasteiger partial charge in [0.15, 0.2) is 5.58 Å². The molecule has 1 aromatic heterocycles. The van der Waals surface area contributed by atoms with Crippen LogP contribution >= 0.6 is 0 Å². The van der Waals surface area contributed by atoms with Gasteiger partial charge in [0.05, 0.1) is 16.8 Å². The second-order valence-electron chi connectivity index (χ2n) is 16.3. The molecule has 1 heterocycles. The summed E-state index contributed by atoms with van der Waals surface area (Å²) >= 11 is 0. The predicted octanol–water partition coefficient (Wildman–Crippen LogP) is 15.9. The van der Waals surface area contributed by atoms with Gasteiger partial charge in [0.2, 0.25) is 0 Å². The van der Waals surface area contributed by atoms with E-state index in [1.165, 1.54) is 72.0 Å². The summed E-state index contributed by atoms with van der Waals surface area (Å²) in [7, 11) is 0. The molecule has 0 fully saturated rings. The molecule has 10 aromatic carbocycles. The van der Waals surface area contributed by atoms with E-state index >= 15 is 0 Å². The molecule has 0 amide bonds. The first-order valence-corrected chi connectivity index (χ1v) is 21.1. The van der Waals surface area contributed by atoms with E-state index in [1.54, 1.807) is 0 Å². The summed E-state index contributed by atoms with van der Waals surface area (Å²) in [5.74, 6) is 0. The highest BCUT2D eigenvalue weighted by molar-refractivity contribution is 6.21. The first kappa shape index (κ1) is 34.0. The van der Waals surface area contributed by atoms with Gasteiger partial charge in [-0.3, -0.25) is 0 Å². The smallest absolute Gasteiger partial charge is 0.159 e. The Bertz CT molecular complexity index is 3510. The molecule has 61 heavy (non-hydrogen) atoms. The van der Waals surface area contributed by atoms with Crippen LogP contribution in [0.25, 0.3) is 77.2 Å². The summed E-state index contributed by atoms with van der Waals surface area (Å²) in [4.78, 5) is 2.46. The Labute approximate surface area is 354 Å². The molecule has 0 atom stereocenters. The summed E-state index contributed by atoms with van der Waals surface area (Å²) in [6, 6.07) is 82.1. The molecule has 0 saturated carbocycles. The minimum Gasteiger partial charge on any atom is -0.454 e. The Kier molecular flexibility index (Phi) is 7.26. The lowest BCUT2D eigenvalue weighted by molar-refractivity contribution is 0.669. The van der Waals surface area contributed by atoms with Crippen molar-refractivity contribution in [1.29, 1.82) is 0 Å². The lowest BCUT2D eigenvalue weighted by Gasteiger charge is -2.32. The number of furan rings is 1. The third-order valence-corrected chi connectivity index (χ3v) is 13.3. The number of benzene rings is 10. The maximum absolute atomic E-state index is 7.03. The summed E-state index contributed by atoms with van der Waals surface area (Å²) < 4.78 is 7.03. The molecule has 2 aliphatic carbocycles. The second kappa shape index (κ2) is 13.0. The van der Waals surface area contributed by atoms with Crippen LogP contribution in [0.1, 0.15) is 22.3 Å². The van der Waals surface area contributed by atoms with Crippen LogP contribution in [0.4, 0.5) is 17.1 Å². The second-order valence-corrected chi connectivity index (χ2v) is 16.3. The van der Waals surface area contributed by atoms with Crippen LogP contribution in [0.5, 0.6) is 0 Å². The van der Waals surface area contributed by atoms with E-state index in [0.29, 0.717) is 0 Å². The first-order valence-electron chi connectivity index (χ1n) is 21.1. The van der Waals surface area contributed by atoms with Gasteiger partial charge in [0.1, 0.15) is 5.58 Å². The Hall–Kier alpha value is -7.94. The Balaban J connectivity index is 1.10. The number of hydrogen-bond donors (Lipinski definition) is 0. The first-order chi connectivity index (χ1) is 30.3. The zero-order valence-electron chi connectivity index (χ0n) is 33.2. The predicted molar refractivity (Wildman–Crippen MR) is 253 cm³/mol. The van der Waals surface area contributed by atoms with Gasteiger partial charge in [-0.2, -0.15) is 0 Å². The van der Waals surface area contributed by atoms with Gasteiger partial charge in [-0.25, -0.2) is 0 Å². The molecule has 0 unspecified atom stereocenters. The highest BCUT2D eigenvalue weighted by atomic mass is 16.3. The highest BCUT2D eigenvalue weighted by Gasteiger charge is 2.52. The van der Waals surface area contributed by atoms with E-state index < -0.39 is 5.41 Å². The number of para-hydroxylation sites is 1. The van der Waals surface area contributed by atoms with Crippen molar-refractivity contribution < 1.29 is 4.42 Å². The molecule has 0 saturated heterocycles. The fourth-order valence-electron chi connectivity index (χ4n) is 10.8. The molecule has 1 spiro atoms. The van der Waals surface area contributed by atoms with Gasteiger partial charge in [-0.05, 0) is 108 Å². The van der Waals surface area contributed by atoms with Crippen LogP contribution in [-0.2, 0) is 5.41 Å². The van der Waals surface area contributed by atoms with Crippen LogP contribution in [-0.4, -0.2) is 0 Å². The number of hydrogen-bond acceptors (Lipinski definition) is 2. The fourth-order valence-corrected chi connectivity index (χ4v) is 10.8. The third-order valence-electron chi connectivity index (χ3n) is 13.3. The van der Waals surface area contributed by atoms with Gasteiger partial charge < -0.3 is 9.32 Å². The molecule has 13 rings (SSSR count). The van der Waals surface area contributed by atoms with E-state index in [1.807, 2.05) is 0 Å². The number of fused-ring (bicyclic) bond motifs is 15. The third kappa shape index (κ3) is 4.79. The monoisotopic (exact) mass is 775 g/mol. The molecule has 0 radical (unpaired) electrons. The molecule has 0 N–H and O–H groups in total. The minimum absolute atomic E-state index is 0.467. The fraction of sp³-hybridized carbons (Fsp3) is 0.0169. The normalized spacial score (nSPS) is 13.0. The van der Waals surface area contributed by atoms with Crippen molar-refractivity contribution in [2.45, 2.75) is 5.41 Å². The zero-order chi connectivity index (χ0) is 40.1. The van der Waals surface area contributed by atoms with Crippen molar-refractivity contribution in [3.05, 3.63) is 247 Å². The summed E-state index contributed by atoms with van der Waals surface area (Å²) in [5.41, 5.74) is 19.5. The van der Waals surface area contributed by atoms with Gasteiger partial charge >= 0.3 is 0 Å². The largest absolute Gasteiger partial charge is 0.454 e. The van der Waals surface area contributed by atoms with Crippen LogP contribution < -0.4 is 4.90 Å². The van der Waals surface area contributed by atoms with Crippen molar-refractivity contribution in [2.24, 2.45) is 0 Å². The Morgan fingerprint density at radius 3 is 1.69 bits per heavy atom. The number of nitrogens with zero attached hydrogens (tertiary/aromatic N) is 1.